The first-order chi connectivity index (χ1) is 8.18. The van der Waals surface area contributed by atoms with Crippen molar-refractivity contribution in [2.24, 2.45) is 0 Å². The predicted molar refractivity (Wildman–Crippen MR) is 64.8 cm³/mol. The smallest absolute Gasteiger partial charge is 0.349 e. The van der Waals surface area contributed by atoms with E-state index in [0.29, 0.717) is 5.75 Å². The first-order valence-corrected chi connectivity index (χ1v) is 6.72. The van der Waals surface area contributed by atoms with Crippen molar-refractivity contribution >= 4 is 17.3 Å². The molecule has 2 atom stereocenters. The summed E-state index contributed by atoms with van der Waals surface area (Å²) in [6.45, 7) is 0. The molecule has 1 heterocycles. The lowest BCUT2D eigenvalue weighted by molar-refractivity contribution is 0.0309. The Kier molecular flexibility index (Phi) is 4.02. The highest BCUT2D eigenvalue weighted by atomic mass is 32.1. The lowest BCUT2D eigenvalue weighted by Gasteiger charge is -2.21. The molecule has 2 N–H and O–H groups in total. The minimum Gasteiger partial charge on any atom is -0.486 e. The molecule has 1 aliphatic carbocycles. The average Bonchev–Trinajstić information content (AvgIpc) is 2.66. The molecule has 2 unspecified atom stereocenters. The minimum atomic E-state index is -0.974. The van der Waals surface area contributed by atoms with Gasteiger partial charge in [-0.2, -0.15) is 0 Å². The molecule has 0 aliphatic heterocycles. The van der Waals surface area contributed by atoms with Crippen molar-refractivity contribution in [1.29, 1.82) is 0 Å². The molecule has 1 aromatic heterocycles. The van der Waals surface area contributed by atoms with Crippen LogP contribution in [0.2, 0.25) is 0 Å². The fourth-order valence-electron chi connectivity index (χ4n) is 2.10. The zero-order valence-corrected chi connectivity index (χ0v) is 10.3. The number of thiophene rings is 1. The Labute approximate surface area is 104 Å². The minimum absolute atomic E-state index is 0.210. The van der Waals surface area contributed by atoms with Crippen molar-refractivity contribution in [2.75, 3.05) is 0 Å². The Morgan fingerprint density at radius 1 is 1.35 bits per heavy atom. The van der Waals surface area contributed by atoms with Crippen LogP contribution in [0, 0.1) is 0 Å². The van der Waals surface area contributed by atoms with Crippen molar-refractivity contribution < 1.29 is 19.7 Å². The number of hydrogen-bond acceptors (Lipinski definition) is 4. The van der Waals surface area contributed by atoms with Crippen molar-refractivity contribution in [2.45, 2.75) is 44.3 Å². The van der Waals surface area contributed by atoms with Gasteiger partial charge in [-0.1, -0.05) is 12.8 Å². The van der Waals surface area contributed by atoms with Gasteiger partial charge in [0.1, 0.15) is 11.9 Å². The van der Waals surface area contributed by atoms with Gasteiger partial charge < -0.3 is 14.9 Å². The van der Waals surface area contributed by atoms with Crippen LogP contribution in [0.1, 0.15) is 41.8 Å². The first kappa shape index (κ1) is 12.4. The van der Waals surface area contributed by atoms with Gasteiger partial charge in [0.2, 0.25) is 0 Å². The standard InChI is InChI=1S/C12H16O4S/c13-8-4-2-1-3-5-9(8)16-10-6-7-17-11(10)12(14)15/h6-9,13H,1-5H2,(H,14,15). The maximum Gasteiger partial charge on any atom is 0.349 e. The first-order valence-electron chi connectivity index (χ1n) is 5.84. The second-order valence-electron chi connectivity index (χ2n) is 4.28. The summed E-state index contributed by atoms with van der Waals surface area (Å²) in [5, 5.41) is 20.6. The summed E-state index contributed by atoms with van der Waals surface area (Å²) >= 11 is 1.15. The van der Waals surface area contributed by atoms with E-state index in [9.17, 15) is 9.90 Å². The third kappa shape index (κ3) is 2.98. The SMILES string of the molecule is O=C(O)c1sccc1OC1CCCCCC1O. The van der Waals surface area contributed by atoms with Crippen LogP contribution >= 0.6 is 11.3 Å². The van der Waals surface area contributed by atoms with Gasteiger partial charge in [0.05, 0.1) is 6.10 Å². The van der Waals surface area contributed by atoms with Gasteiger partial charge in [0.15, 0.2) is 4.88 Å². The average molecular weight is 256 g/mol. The Balaban J connectivity index is 2.08. The van der Waals surface area contributed by atoms with Crippen LogP contribution in [0.5, 0.6) is 5.75 Å². The zero-order chi connectivity index (χ0) is 12.3. The molecule has 0 radical (unpaired) electrons. The van der Waals surface area contributed by atoms with Crippen LogP contribution in [-0.4, -0.2) is 28.4 Å². The summed E-state index contributed by atoms with van der Waals surface area (Å²) in [6.07, 6.45) is 3.90. The number of rotatable bonds is 3. The van der Waals surface area contributed by atoms with Crippen molar-refractivity contribution in [3.8, 4) is 5.75 Å². The molecule has 0 bridgehead atoms. The van der Waals surface area contributed by atoms with Crippen LogP contribution < -0.4 is 4.74 Å². The zero-order valence-electron chi connectivity index (χ0n) is 9.46. The topological polar surface area (TPSA) is 66.8 Å². The molecule has 1 aromatic rings. The van der Waals surface area contributed by atoms with Gasteiger partial charge in [-0.05, 0) is 30.7 Å². The quantitative estimate of drug-likeness (QED) is 0.815. The monoisotopic (exact) mass is 256 g/mol. The molecule has 2 rings (SSSR count). The second kappa shape index (κ2) is 5.51. The number of aromatic carboxylic acids is 1. The molecular weight excluding hydrogens is 240 g/mol. The molecular formula is C12H16O4S. The summed E-state index contributed by atoms with van der Waals surface area (Å²) in [5.41, 5.74) is 0. The summed E-state index contributed by atoms with van der Waals surface area (Å²) in [5.74, 6) is -0.591. The Hall–Kier alpha value is -1.07. The summed E-state index contributed by atoms with van der Waals surface area (Å²) in [4.78, 5) is 11.2. The molecule has 1 fully saturated rings. The second-order valence-corrected chi connectivity index (χ2v) is 5.20. The van der Waals surface area contributed by atoms with Gasteiger partial charge in [-0.15, -0.1) is 11.3 Å². The molecule has 94 valence electrons. The van der Waals surface area contributed by atoms with Crippen molar-refractivity contribution in [3.05, 3.63) is 16.3 Å². The number of hydrogen-bond donors (Lipinski definition) is 2. The van der Waals surface area contributed by atoms with Gasteiger partial charge >= 0.3 is 5.97 Å². The lowest BCUT2D eigenvalue weighted by Crippen LogP contribution is -2.30. The molecule has 0 amide bonds. The Bertz CT molecular complexity index is 388. The summed E-state index contributed by atoms with van der Waals surface area (Å²) in [6, 6.07) is 1.66. The highest BCUT2D eigenvalue weighted by Crippen LogP contribution is 2.29. The summed E-state index contributed by atoms with van der Waals surface area (Å²) < 4.78 is 5.66. The summed E-state index contributed by atoms with van der Waals surface area (Å²) in [7, 11) is 0. The van der Waals surface area contributed by atoms with Crippen LogP contribution in [0.3, 0.4) is 0 Å². The molecule has 1 saturated carbocycles. The number of aliphatic hydroxyl groups excluding tert-OH is 1. The van der Waals surface area contributed by atoms with E-state index in [1.807, 2.05) is 0 Å². The van der Waals surface area contributed by atoms with E-state index in [-0.39, 0.29) is 11.0 Å². The Morgan fingerprint density at radius 3 is 2.88 bits per heavy atom. The largest absolute Gasteiger partial charge is 0.486 e. The maximum absolute atomic E-state index is 10.9. The van der Waals surface area contributed by atoms with E-state index in [1.165, 1.54) is 0 Å². The molecule has 0 saturated heterocycles. The van der Waals surface area contributed by atoms with E-state index in [2.05, 4.69) is 0 Å². The van der Waals surface area contributed by atoms with E-state index in [4.69, 9.17) is 9.84 Å². The highest BCUT2D eigenvalue weighted by Gasteiger charge is 2.25. The van der Waals surface area contributed by atoms with Gasteiger partial charge in [-0.3, -0.25) is 0 Å². The number of aliphatic hydroxyl groups is 1. The van der Waals surface area contributed by atoms with Gasteiger partial charge in [0.25, 0.3) is 0 Å². The number of carbonyl (C=O) groups is 1. The molecule has 4 nitrogen and oxygen atoms in total. The third-order valence-electron chi connectivity index (χ3n) is 3.02. The van der Waals surface area contributed by atoms with Gasteiger partial charge in [0, 0.05) is 0 Å². The van der Waals surface area contributed by atoms with Crippen LogP contribution in [0.4, 0.5) is 0 Å². The molecule has 0 aromatic carbocycles. The third-order valence-corrected chi connectivity index (χ3v) is 3.90. The number of carboxylic acids is 1. The van der Waals surface area contributed by atoms with E-state index < -0.39 is 12.1 Å². The number of ether oxygens (including phenoxy) is 1. The molecule has 0 spiro atoms. The van der Waals surface area contributed by atoms with E-state index >= 15 is 0 Å². The Morgan fingerprint density at radius 2 is 2.12 bits per heavy atom. The lowest BCUT2D eigenvalue weighted by atomic mass is 10.1. The fourth-order valence-corrected chi connectivity index (χ4v) is 2.76. The highest BCUT2D eigenvalue weighted by molar-refractivity contribution is 7.12. The molecule has 5 heteroatoms. The maximum atomic E-state index is 10.9. The fraction of sp³-hybridized carbons (Fsp3) is 0.583. The van der Waals surface area contributed by atoms with E-state index in [1.54, 1.807) is 11.4 Å². The van der Waals surface area contributed by atoms with E-state index in [0.717, 1.165) is 43.4 Å². The molecule has 1 aliphatic rings. The number of carboxylic acid groups (broad SMARTS) is 1. The van der Waals surface area contributed by atoms with Crippen molar-refractivity contribution in [3.63, 3.8) is 0 Å². The van der Waals surface area contributed by atoms with Crippen LogP contribution in [0.25, 0.3) is 0 Å². The normalized spacial score (nSPS) is 25.2. The van der Waals surface area contributed by atoms with Crippen molar-refractivity contribution in [1.82, 2.24) is 0 Å². The van der Waals surface area contributed by atoms with Crippen LogP contribution in [0.15, 0.2) is 11.4 Å². The van der Waals surface area contributed by atoms with Gasteiger partial charge in [-0.25, -0.2) is 4.79 Å². The molecule has 17 heavy (non-hydrogen) atoms. The van der Waals surface area contributed by atoms with Crippen LogP contribution in [-0.2, 0) is 0 Å². The predicted octanol–water partition coefficient (Wildman–Crippen LogP) is 2.52.